The van der Waals surface area contributed by atoms with Gasteiger partial charge in [0.15, 0.2) is 0 Å². The number of hydrogen-bond acceptors (Lipinski definition) is 4. The SMILES string of the molecule is O=C1Nc2ccccc2C12COC(CN1CCOCC1)C2. The Morgan fingerprint density at radius 1 is 1.29 bits per heavy atom. The van der Waals surface area contributed by atoms with E-state index in [1.807, 2.05) is 24.3 Å². The molecule has 5 nitrogen and oxygen atoms in total. The molecule has 0 bridgehead atoms. The molecular weight excluding hydrogens is 268 g/mol. The Kier molecular flexibility index (Phi) is 3.21. The molecule has 1 N–H and O–H groups in total. The number of carbonyl (C=O) groups excluding carboxylic acids is 1. The smallest absolute Gasteiger partial charge is 0.237 e. The van der Waals surface area contributed by atoms with Crippen molar-refractivity contribution < 1.29 is 14.3 Å². The number of hydrogen-bond donors (Lipinski definition) is 1. The van der Waals surface area contributed by atoms with Gasteiger partial charge in [0.2, 0.25) is 5.91 Å². The van der Waals surface area contributed by atoms with Crippen LogP contribution in [0.25, 0.3) is 0 Å². The summed E-state index contributed by atoms with van der Waals surface area (Å²) in [4.78, 5) is 14.8. The largest absolute Gasteiger partial charge is 0.379 e. The summed E-state index contributed by atoms with van der Waals surface area (Å²) in [6.07, 6.45) is 0.896. The van der Waals surface area contributed by atoms with Crippen LogP contribution >= 0.6 is 0 Å². The third kappa shape index (κ3) is 2.16. The number of nitrogens with one attached hydrogen (secondary N) is 1. The van der Waals surface area contributed by atoms with Gasteiger partial charge in [-0.1, -0.05) is 18.2 Å². The van der Waals surface area contributed by atoms with Crippen LogP contribution in [0.5, 0.6) is 0 Å². The Labute approximate surface area is 124 Å². The van der Waals surface area contributed by atoms with Crippen LogP contribution in [0.4, 0.5) is 5.69 Å². The fraction of sp³-hybridized carbons (Fsp3) is 0.562. The van der Waals surface area contributed by atoms with E-state index in [-0.39, 0.29) is 12.0 Å². The topological polar surface area (TPSA) is 50.8 Å². The van der Waals surface area contributed by atoms with Crippen LogP contribution in [-0.2, 0) is 19.7 Å². The first-order valence-electron chi connectivity index (χ1n) is 7.61. The van der Waals surface area contributed by atoms with Crippen LogP contribution in [0.1, 0.15) is 12.0 Å². The van der Waals surface area contributed by atoms with Gasteiger partial charge in [-0.05, 0) is 18.1 Å². The van der Waals surface area contributed by atoms with E-state index < -0.39 is 5.41 Å². The van der Waals surface area contributed by atoms with Gasteiger partial charge in [-0.2, -0.15) is 0 Å². The van der Waals surface area contributed by atoms with Crippen LogP contribution in [0.15, 0.2) is 24.3 Å². The number of para-hydroxylation sites is 1. The van der Waals surface area contributed by atoms with E-state index in [4.69, 9.17) is 9.47 Å². The number of ether oxygens (including phenoxy) is 2. The lowest BCUT2D eigenvalue weighted by Gasteiger charge is -2.28. The summed E-state index contributed by atoms with van der Waals surface area (Å²) >= 11 is 0. The molecule has 3 aliphatic heterocycles. The van der Waals surface area contributed by atoms with E-state index in [1.165, 1.54) is 0 Å². The quantitative estimate of drug-likeness (QED) is 0.882. The second kappa shape index (κ2) is 5.09. The highest BCUT2D eigenvalue weighted by atomic mass is 16.5. The number of amides is 1. The molecule has 21 heavy (non-hydrogen) atoms. The summed E-state index contributed by atoms with van der Waals surface area (Å²) in [7, 11) is 0. The Hall–Kier alpha value is -1.43. The molecule has 5 heteroatoms. The summed E-state index contributed by atoms with van der Waals surface area (Å²) in [5.41, 5.74) is 1.56. The second-order valence-corrected chi connectivity index (χ2v) is 6.13. The minimum absolute atomic E-state index is 0.0909. The molecule has 0 aromatic heterocycles. The van der Waals surface area contributed by atoms with Crippen LogP contribution in [0.3, 0.4) is 0 Å². The van der Waals surface area contributed by atoms with Crippen molar-refractivity contribution in [2.75, 3.05) is 44.8 Å². The van der Waals surface area contributed by atoms with Crippen LogP contribution in [-0.4, -0.2) is 56.4 Å². The molecule has 1 aromatic carbocycles. The highest BCUT2D eigenvalue weighted by Gasteiger charge is 2.52. The lowest BCUT2D eigenvalue weighted by Crippen LogP contribution is -2.41. The van der Waals surface area contributed by atoms with E-state index in [1.54, 1.807) is 0 Å². The molecule has 0 saturated carbocycles. The fourth-order valence-corrected chi connectivity index (χ4v) is 3.68. The number of morpholine rings is 1. The summed E-state index contributed by atoms with van der Waals surface area (Å²) in [5, 5.41) is 3.00. The number of anilines is 1. The Balaban J connectivity index is 1.51. The third-order valence-electron chi connectivity index (χ3n) is 4.83. The number of carbonyl (C=O) groups is 1. The summed E-state index contributed by atoms with van der Waals surface area (Å²) in [5.74, 6) is 0.0909. The lowest BCUT2D eigenvalue weighted by molar-refractivity contribution is -0.120. The van der Waals surface area contributed by atoms with Crippen molar-refractivity contribution in [1.82, 2.24) is 4.90 Å². The standard InChI is InChI=1S/C16H20N2O3/c19-15-16(13-3-1-2-4-14(13)17-15)9-12(21-11-16)10-18-5-7-20-8-6-18/h1-4,12H,5-11H2,(H,17,19). The minimum atomic E-state index is -0.479. The fourth-order valence-electron chi connectivity index (χ4n) is 3.68. The molecule has 2 fully saturated rings. The van der Waals surface area contributed by atoms with E-state index in [9.17, 15) is 4.79 Å². The minimum Gasteiger partial charge on any atom is -0.379 e. The molecule has 2 unspecified atom stereocenters. The molecule has 4 rings (SSSR count). The van der Waals surface area contributed by atoms with Gasteiger partial charge in [0.1, 0.15) is 5.41 Å². The lowest BCUT2D eigenvalue weighted by atomic mass is 9.79. The Morgan fingerprint density at radius 2 is 2.10 bits per heavy atom. The van der Waals surface area contributed by atoms with Gasteiger partial charge in [0, 0.05) is 25.3 Å². The molecule has 1 aromatic rings. The van der Waals surface area contributed by atoms with Gasteiger partial charge >= 0.3 is 0 Å². The summed E-state index contributed by atoms with van der Waals surface area (Å²) in [6.45, 7) is 4.87. The van der Waals surface area contributed by atoms with E-state index in [0.717, 1.165) is 50.5 Å². The predicted octanol–water partition coefficient (Wildman–Crippen LogP) is 0.998. The second-order valence-electron chi connectivity index (χ2n) is 6.13. The van der Waals surface area contributed by atoms with E-state index >= 15 is 0 Å². The van der Waals surface area contributed by atoms with Crippen molar-refractivity contribution in [1.29, 1.82) is 0 Å². The van der Waals surface area contributed by atoms with Crippen LogP contribution in [0.2, 0.25) is 0 Å². The summed E-state index contributed by atoms with van der Waals surface area (Å²) < 4.78 is 11.4. The average molecular weight is 288 g/mol. The third-order valence-corrected chi connectivity index (χ3v) is 4.83. The Morgan fingerprint density at radius 3 is 2.95 bits per heavy atom. The van der Waals surface area contributed by atoms with Crippen molar-refractivity contribution in [2.24, 2.45) is 0 Å². The molecular formula is C16H20N2O3. The van der Waals surface area contributed by atoms with Crippen molar-refractivity contribution in [3.05, 3.63) is 29.8 Å². The molecule has 1 spiro atoms. The van der Waals surface area contributed by atoms with Gasteiger partial charge in [-0.15, -0.1) is 0 Å². The normalized spacial score (nSPS) is 32.4. The molecule has 0 radical (unpaired) electrons. The van der Waals surface area contributed by atoms with E-state index in [0.29, 0.717) is 6.61 Å². The number of fused-ring (bicyclic) bond motifs is 2. The number of nitrogens with zero attached hydrogens (tertiary/aromatic N) is 1. The maximum Gasteiger partial charge on any atom is 0.237 e. The van der Waals surface area contributed by atoms with Crippen LogP contribution in [0, 0.1) is 0 Å². The molecule has 3 heterocycles. The first-order chi connectivity index (χ1) is 10.3. The molecule has 2 saturated heterocycles. The van der Waals surface area contributed by atoms with Gasteiger partial charge in [-0.3, -0.25) is 9.69 Å². The highest BCUT2D eigenvalue weighted by molar-refractivity contribution is 6.06. The molecule has 0 aliphatic carbocycles. The molecule has 1 amide bonds. The van der Waals surface area contributed by atoms with Crippen molar-refractivity contribution in [2.45, 2.75) is 17.9 Å². The monoisotopic (exact) mass is 288 g/mol. The zero-order valence-corrected chi connectivity index (χ0v) is 12.0. The van der Waals surface area contributed by atoms with Gasteiger partial charge in [0.25, 0.3) is 0 Å². The number of rotatable bonds is 2. The zero-order valence-electron chi connectivity index (χ0n) is 12.0. The van der Waals surface area contributed by atoms with Crippen molar-refractivity contribution in [3.8, 4) is 0 Å². The van der Waals surface area contributed by atoms with Crippen LogP contribution < -0.4 is 5.32 Å². The average Bonchev–Trinajstić information content (AvgIpc) is 3.05. The Bertz CT molecular complexity index is 556. The molecule has 2 atom stereocenters. The maximum atomic E-state index is 12.5. The molecule has 3 aliphatic rings. The van der Waals surface area contributed by atoms with Crippen molar-refractivity contribution in [3.63, 3.8) is 0 Å². The zero-order chi connectivity index (χ0) is 14.3. The van der Waals surface area contributed by atoms with Gasteiger partial charge < -0.3 is 14.8 Å². The van der Waals surface area contributed by atoms with E-state index in [2.05, 4.69) is 10.2 Å². The van der Waals surface area contributed by atoms with Crippen molar-refractivity contribution >= 4 is 11.6 Å². The predicted molar refractivity (Wildman–Crippen MR) is 78.4 cm³/mol. The maximum absolute atomic E-state index is 12.5. The summed E-state index contributed by atoms with van der Waals surface area (Å²) in [6, 6.07) is 7.97. The number of benzene rings is 1. The first-order valence-corrected chi connectivity index (χ1v) is 7.61. The van der Waals surface area contributed by atoms with Gasteiger partial charge in [-0.25, -0.2) is 0 Å². The first kappa shape index (κ1) is 13.2. The molecule has 112 valence electrons. The highest BCUT2D eigenvalue weighted by Crippen LogP contribution is 2.45. The van der Waals surface area contributed by atoms with Gasteiger partial charge in [0.05, 0.1) is 25.9 Å².